The van der Waals surface area contributed by atoms with E-state index in [2.05, 4.69) is 20.2 Å². The van der Waals surface area contributed by atoms with Crippen LogP contribution in [-0.4, -0.2) is 42.0 Å². The predicted octanol–water partition coefficient (Wildman–Crippen LogP) is 3.14. The smallest absolute Gasteiger partial charge is 0.345 e. The first-order valence-electron chi connectivity index (χ1n) is 8.41. The van der Waals surface area contributed by atoms with E-state index in [0.717, 1.165) is 13.0 Å². The van der Waals surface area contributed by atoms with Gasteiger partial charge in [0.05, 0.1) is 19.4 Å². The van der Waals surface area contributed by atoms with Crippen LogP contribution in [0.3, 0.4) is 0 Å². The van der Waals surface area contributed by atoms with Crippen LogP contribution in [0.2, 0.25) is 0 Å². The minimum Gasteiger partial charge on any atom is -0.462 e. The normalized spacial score (nSPS) is 9.88. The molecule has 9 nitrogen and oxygen atoms in total. The first-order chi connectivity index (χ1) is 12.5. The summed E-state index contributed by atoms with van der Waals surface area (Å²) >= 11 is 0. The molecule has 0 fully saturated rings. The molecule has 1 N–H and O–H groups in total. The third-order valence-corrected chi connectivity index (χ3v) is 3.13. The third kappa shape index (κ3) is 5.91. The Balaban J connectivity index is 0.000000273. The summed E-state index contributed by atoms with van der Waals surface area (Å²) in [6.07, 6.45) is 2.31. The summed E-state index contributed by atoms with van der Waals surface area (Å²) < 4.78 is 19.3. The van der Waals surface area contributed by atoms with Crippen molar-refractivity contribution in [2.75, 3.05) is 25.1 Å². The van der Waals surface area contributed by atoms with Crippen LogP contribution < -0.4 is 5.32 Å². The van der Waals surface area contributed by atoms with Gasteiger partial charge in [-0.1, -0.05) is 17.2 Å². The predicted molar refractivity (Wildman–Crippen MR) is 93.2 cm³/mol. The minimum atomic E-state index is -0.394. The van der Waals surface area contributed by atoms with Gasteiger partial charge >= 0.3 is 11.9 Å². The Kier molecular flexibility index (Phi) is 8.90. The molecule has 0 amide bonds. The summed E-state index contributed by atoms with van der Waals surface area (Å²) in [5, 5.41) is 10.2. The first-order valence-corrected chi connectivity index (χ1v) is 8.41. The van der Waals surface area contributed by atoms with Gasteiger partial charge in [0, 0.05) is 6.54 Å². The second kappa shape index (κ2) is 10.9. The van der Waals surface area contributed by atoms with Crippen molar-refractivity contribution in [2.24, 2.45) is 0 Å². The van der Waals surface area contributed by atoms with Gasteiger partial charge in [-0.25, -0.2) is 9.59 Å². The molecule has 0 aliphatic rings. The molecule has 0 aliphatic heterocycles. The molecule has 26 heavy (non-hydrogen) atoms. The molecule has 0 spiro atoms. The summed E-state index contributed by atoms with van der Waals surface area (Å²) in [7, 11) is 0. The highest BCUT2D eigenvalue weighted by atomic mass is 16.5. The van der Waals surface area contributed by atoms with Crippen molar-refractivity contribution in [3.05, 3.63) is 28.8 Å². The fraction of sp³-hybridized carbons (Fsp3) is 0.529. The first kappa shape index (κ1) is 21.2. The van der Waals surface area contributed by atoms with Crippen molar-refractivity contribution < 1.29 is 28.1 Å². The topological polar surface area (TPSA) is 117 Å². The largest absolute Gasteiger partial charge is 0.462 e. The molecule has 0 unspecified atom stereocenters. The van der Waals surface area contributed by atoms with Crippen LogP contribution >= 0.6 is 0 Å². The molecule has 0 bridgehead atoms. The van der Waals surface area contributed by atoms with E-state index in [1.807, 2.05) is 6.92 Å². The second-order valence-electron chi connectivity index (χ2n) is 5.13. The average Bonchev–Trinajstić information content (AvgIpc) is 3.19. The van der Waals surface area contributed by atoms with Gasteiger partial charge in [-0.3, -0.25) is 0 Å². The van der Waals surface area contributed by atoms with Gasteiger partial charge in [-0.2, -0.15) is 0 Å². The van der Waals surface area contributed by atoms with Gasteiger partial charge in [-0.15, -0.1) is 0 Å². The summed E-state index contributed by atoms with van der Waals surface area (Å²) in [5.74, 6) is 0.657. The van der Waals surface area contributed by atoms with E-state index in [1.165, 1.54) is 6.20 Å². The zero-order chi connectivity index (χ0) is 19.5. The van der Waals surface area contributed by atoms with Crippen molar-refractivity contribution in [1.82, 2.24) is 10.3 Å². The molecule has 2 aromatic heterocycles. The summed E-state index contributed by atoms with van der Waals surface area (Å²) in [5.41, 5.74) is 0.789. The molecule has 2 aromatic rings. The Morgan fingerprint density at radius 3 is 2.23 bits per heavy atom. The highest BCUT2D eigenvalue weighted by Crippen LogP contribution is 2.19. The monoisotopic (exact) mass is 367 g/mol. The highest BCUT2D eigenvalue weighted by Gasteiger charge is 2.20. The number of hydrogen-bond donors (Lipinski definition) is 1. The molecule has 144 valence electrons. The summed E-state index contributed by atoms with van der Waals surface area (Å²) in [4.78, 5) is 22.6. The van der Waals surface area contributed by atoms with E-state index in [9.17, 15) is 9.59 Å². The van der Waals surface area contributed by atoms with E-state index in [4.69, 9.17) is 14.0 Å². The molecule has 9 heteroatoms. The fourth-order valence-corrected chi connectivity index (χ4v) is 1.88. The Morgan fingerprint density at radius 1 is 1.04 bits per heavy atom. The lowest BCUT2D eigenvalue weighted by Gasteiger charge is -2.03. The van der Waals surface area contributed by atoms with Crippen LogP contribution in [0.15, 0.2) is 15.2 Å². The summed E-state index contributed by atoms with van der Waals surface area (Å²) in [6, 6.07) is 0. The molecule has 0 radical (unpaired) electrons. The van der Waals surface area contributed by atoms with Crippen molar-refractivity contribution in [1.29, 1.82) is 0 Å². The van der Waals surface area contributed by atoms with Crippen molar-refractivity contribution in [3.8, 4) is 0 Å². The Morgan fingerprint density at radius 2 is 1.69 bits per heavy atom. The van der Waals surface area contributed by atoms with Crippen LogP contribution in [0.4, 0.5) is 5.82 Å². The molecule has 2 heterocycles. The van der Waals surface area contributed by atoms with Crippen LogP contribution in [0.25, 0.3) is 0 Å². The number of rotatable bonds is 7. The van der Waals surface area contributed by atoms with Crippen molar-refractivity contribution in [2.45, 2.75) is 41.0 Å². The third-order valence-electron chi connectivity index (χ3n) is 3.13. The van der Waals surface area contributed by atoms with Crippen LogP contribution in [-0.2, 0) is 9.47 Å². The number of aromatic nitrogens is 2. The maximum atomic E-state index is 11.5. The number of nitrogens with zero attached hydrogens (tertiary/aromatic N) is 2. The average molecular weight is 367 g/mol. The number of nitrogens with one attached hydrogen (secondary N) is 1. The van der Waals surface area contributed by atoms with E-state index in [1.54, 1.807) is 27.7 Å². The zero-order valence-corrected chi connectivity index (χ0v) is 15.7. The second-order valence-corrected chi connectivity index (χ2v) is 5.13. The summed E-state index contributed by atoms with van der Waals surface area (Å²) in [6.45, 7) is 10.4. The lowest BCUT2D eigenvalue weighted by molar-refractivity contribution is 0.0515. The molecular weight excluding hydrogens is 342 g/mol. The van der Waals surface area contributed by atoms with E-state index >= 15 is 0 Å². The van der Waals surface area contributed by atoms with Crippen molar-refractivity contribution >= 4 is 17.8 Å². The van der Waals surface area contributed by atoms with Crippen LogP contribution in [0, 0.1) is 13.8 Å². The molecule has 0 atom stereocenters. The number of aryl methyl sites for hydroxylation is 2. The van der Waals surface area contributed by atoms with Gasteiger partial charge in [0.2, 0.25) is 0 Å². The standard InChI is InChI=1S/C10H16N2O3.C7H9NO3/c1-4-6-11-9-8(7(3)15-12-9)10(13)14-5-2;1-3-10-7(9)6-4-8-11-5(6)2/h4-6H2,1-3H3,(H,11,12);4H,3H2,1-2H3. The van der Waals surface area contributed by atoms with Gasteiger partial charge in [0.15, 0.2) is 11.6 Å². The van der Waals surface area contributed by atoms with Gasteiger partial charge in [0.25, 0.3) is 0 Å². The Hall–Kier alpha value is -2.84. The quantitative estimate of drug-likeness (QED) is 0.736. The van der Waals surface area contributed by atoms with Crippen LogP contribution in [0.5, 0.6) is 0 Å². The maximum Gasteiger partial charge on any atom is 0.345 e. The Labute approximate surface area is 152 Å². The van der Waals surface area contributed by atoms with Gasteiger partial charge in [-0.05, 0) is 34.1 Å². The van der Waals surface area contributed by atoms with Crippen molar-refractivity contribution in [3.63, 3.8) is 0 Å². The number of esters is 2. The molecule has 0 aromatic carbocycles. The SMILES string of the molecule is CCCNc1noc(C)c1C(=O)OCC.CCOC(=O)c1cnoc1C. The lowest BCUT2D eigenvalue weighted by atomic mass is 10.2. The maximum absolute atomic E-state index is 11.5. The van der Waals surface area contributed by atoms with E-state index in [0.29, 0.717) is 41.7 Å². The molecule has 2 rings (SSSR count). The Bertz CT molecular complexity index is 707. The minimum absolute atomic E-state index is 0.344. The fourth-order valence-electron chi connectivity index (χ4n) is 1.88. The molecule has 0 saturated carbocycles. The van der Waals surface area contributed by atoms with Gasteiger partial charge < -0.3 is 23.8 Å². The van der Waals surface area contributed by atoms with E-state index in [-0.39, 0.29) is 5.97 Å². The molecular formula is C17H25N3O6. The lowest BCUT2D eigenvalue weighted by Crippen LogP contribution is -2.10. The number of carbonyl (C=O) groups is 2. The molecule has 0 saturated heterocycles. The molecule has 0 aliphatic carbocycles. The number of ether oxygens (including phenoxy) is 2. The van der Waals surface area contributed by atoms with Gasteiger partial charge in [0.1, 0.15) is 16.9 Å². The number of anilines is 1. The number of carbonyl (C=O) groups excluding carboxylic acids is 2. The number of hydrogen-bond acceptors (Lipinski definition) is 9. The zero-order valence-electron chi connectivity index (χ0n) is 15.7. The highest BCUT2D eigenvalue weighted by molar-refractivity contribution is 5.95. The van der Waals surface area contributed by atoms with Crippen LogP contribution in [0.1, 0.15) is 59.4 Å². The van der Waals surface area contributed by atoms with E-state index < -0.39 is 5.97 Å².